The van der Waals surface area contributed by atoms with Crippen LogP contribution in [0.3, 0.4) is 0 Å². The molecule has 116 valence electrons. The van der Waals surface area contributed by atoms with Gasteiger partial charge in [-0.05, 0) is 13.0 Å². The number of nitrogens with zero attached hydrogens (tertiary/aromatic N) is 3. The van der Waals surface area contributed by atoms with Crippen molar-refractivity contribution in [3.05, 3.63) is 24.0 Å². The minimum Gasteiger partial charge on any atom is -0.340 e. The molecule has 0 radical (unpaired) electrons. The molecule has 0 aromatic carbocycles. The first-order chi connectivity index (χ1) is 10.1. The third kappa shape index (κ3) is 4.34. The molecule has 0 aliphatic rings. The predicted molar refractivity (Wildman–Crippen MR) is 73.8 cm³/mol. The molecule has 0 saturated heterocycles. The molecule has 2 aromatic heterocycles. The molecule has 0 saturated carbocycles. The fraction of sp³-hybridized carbons (Fsp3) is 0.545. The average Bonchev–Trinajstić information content (AvgIpc) is 3.10. The Morgan fingerprint density at radius 2 is 2.24 bits per heavy atom. The molecule has 0 atom stereocenters. The number of hydrogen-bond acceptors (Lipinski definition) is 7. The minimum absolute atomic E-state index is 0.0802. The van der Waals surface area contributed by atoms with Crippen molar-refractivity contribution in [1.82, 2.24) is 30.4 Å². The van der Waals surface area contributed by atoms with E-state index >= 15 is 0 Å². The number of H-pyrrole nitrogens is 1. The zero-order valence-corrected chi connectivity index (χ0v) is 12.5. The van der Waals surface area contributed by atoms with Crippen LogP contribution in [0.1, 0.15) is 24.8 Å². The van der Waals surface area contributed by atoms with Gasteiger partial charge in [0.1, 0.15) is 0 Å². The van der Waals surface area contributed by atoms with Gasteiger partial charge in [-0.3, -0.25) is 5.10 Å². The third-order valence-corrected chi connectivity index (χ3v) is 4.20. The van der Waals surface area contributed by atoms with Gasteiger partial charge < -0.3 is 9.84 Å². The Morgan fingerprint density at radius 3 is 2.95 bits per heavy atom. The fourth-order valence-electron chi connectivity index (χ4n) is 1.73. The molecule has 2 heterocycles. The highest BCUT2D eigenvalue weighted by molar-refractivity contribution is 7.89. The van der Waals surface area contributed by atoms with E-state index in [1.807, 2.05) is 6.92 Å². The second-order valence-electron chi connectivity index (χ2n) is 4.38. The topological polar surface area (TPSA) is 126 Å². The van der Waals surface area contributed by atoms with Crippen molar-refractivity contribution in [3.63, 3.8) is 0 Å². The van der Waals surface area contributed by atoms with Gasteiger partial charge in [-0.25, -0.2) is 13.1 Å². The monoisotopic (exact) mass is 314 g/mol. The lowest BCUT2D eigenvalue weighted by Gasteiger charge is -2.06. The minimum atomic E-state index is -3.64. The van der Waals surface area contributed by atoms with Gasteiger partial charge in [0.2, 0.25) is 5.89 Å². The van der Waals surface area contributed by atoms with E-state index in [2.05, 4.69) is 30.4 Å². The fourth-order valence-corrected chi connectivity index (χ4v) is 2.89. The first-order valence-corrected chi connectivity index (χ1v) is 8.10. The molecule has 21 heavy (non-hydrogen) atoms. The summed E-state index contributed by atoms with van der Waals surface area (Å²) in [4.78, 5) is 3.82. The first-order valence-electron chi connectivity index (χ1n) is 6.61. The molecule has 0 amide bonds. The molecule has 0 spiro atoms. The first kappa shape index (κ1) is 15.6. The van der Waals surface area contributed by atoms with Crippen molar-refractivity contribution >= 4 is 10.0 Å². The molecule has 2 aromatic rings. The van der Waals surface area contributed by atoms with Crippen LogP contribution in [0.5, 0.6) is 0 Å². The maximum atomic E-state index is 12.2. The molecule has 0 aliphatic heterocycles. The van der Waals surface area contributed by atoms with Crippen LogP contribution in [0, 0.1) is 0 Å². The van der Waals surface area contributed by atoms with E-state index in [-0.39, 0.29) is 11.6 Å². The van der Waals surface area contributed by atoms with Gasteiger partial charge in [0, 0.05) is 25.1 Å². The Morgan fingerprint density at radius 1 is 1.38 bits per heavy atom. The summed E-state index contributed by atoms with van der Waals surface area (Å²) in [5.74, 6) is 0.382. The molecule has 0 aliphatic carbocycles. The molecule has 10 heteroatoms. The van der Waals surface area contributed by atoms with E-state index in [0.717, 1.165) is 13.0 Å². The van der Waals surface area contributed by atoms with Crippen LogP contribution in [0.4, 0.5) is 0 Å². The van der Waals surface area contributed by atoms with Crippen molar-refractivity contribution in [2.45, 2.75) is 31.3 Å². The summed E-state index contributed by atoms with van der Waals surface area (Å²) in [7, 11) is -3.64. The Balaban J connectivity index is 1.94. The van der Waals surface area contributed by atoms with E-state index in [9.17, 15) is 8.42 Å². The third-order valence-electron chi connectivity index (χ3n) is 2.73. The lowest BCUT2D eigenvalue weighted by Crippen LogP contribution is -2.28. The summed E-state index contributed by atoms with van der Waals surface area (Å²) < 4.78 is 31.7. The molecule has 3 N–H and O–H groups in total. The lowest BCUT2D eigenvalue weighted by atomic mass is 10.3. The number of rotatable bonds is 9. The summed E-state index contributed by atoms with van der Waals surface area (Å²) in [6.07, 6.45) is 4.09. The Hall–Kier alpha value is -1.78. The normalized spacial score (nSPS) is 11.9. The number of nitrogens with one attached hydrogen (secondary N) is 3. The Labute approximate surface area is 122 Å². The van der Waals surface area contributed by atoms with Gasteiger partial charge in [0.25, 0.3) is 10.0 Å². The van der Waals surface area contributed by atoms with Crippen molar-refractivity contribution in [1.29, 1.82) is 0 Å². The summed E-state index contributed by atoms with van der Waals surface area (Å²) in [6.45, 7) is 3.48. The molecular formula is C11H18N6O3S. The highest BCUT2D eigenvalue weighted by atomic mass is 32.2. The van der Waals surface area contributed by atoms with Crippen LogP contribution in [-0.2, 0) is 23.0 Å². The lowest BCUT2D eigenvalue weighted by molar-refractivity contribution is 0.377. The standard InChI is InChI=1S/C11H18N6O3S/c1-2-4-12-6-9-7-14-17-11(9)21(18,19)16-5-3-10-13-8-15-20-10/h7-8,12,16H,2-6H2,1H3,(H,14,17). The van der Waals surface area contributed by atoms with Crippen LogP contribution in [0.2, 0.25) is 0 Å². The van der Waals surface area contributed by atoms with Gasteiger partial charge in [0.05, 0.1) is 6.20 Å². The van der Waals surface area contributed by atoms with Crippen LogP contribution in [0.25, 0.3) is 0 Å². The Kier molecular flexibility index (Phi) is 5.42. The SMILES string of the molecule is CCCNCc1cn[nH]c1S(=O)(=O)NCCc1ncno1. The van der Waals surface area contributed by atoms with Crippen molar-refractivity contribution in [2.24, 2.45) is 0 Å². The highest BCUT2D eigenvalue weighted by Crippen LogP contribution is 2.11. The summed E-state index contributed by atoms with van der Waals surface area (Å²) in [6, 6.07) is 0. The number of aromatic amines is 1. The molecule has 9 nitrogen and oxygen atoms in total. The quantitative estimate of drug-likeness (QED) is 0.548. The van der Waals surface area contributed by atoms with Crippen molar-refractivity contribution < 1.29 is 12.9 Å². The molecule has 0 unspecified atom stereocenters. The van der Waals surface area contributed by atoms with Gasteiger partial charge >= 0.3 is 0 Å². The van der Waals surface area contributed by atoms with E-state index in [0.29, 0.717) is 24.4 Å². The molecule has 0 bridgehead atoms. The average molecular weight is 314 g/mol. The second-order valence-corrected chi connectivity index (χ2v) is 6.09. The predicted octanol–water partition coefficient (Wildman–Crippen LogP) is -0.187. The smallest absolute Gasteiger partial charge is 0.257 e. The zero-order valence-electron chi connectivity index (χ0n) is 11.7. The second kappa shape index (κ2) is 7.29. The zero-order chi connectivity index (χ0) is 15.1. The van der Waals surface area contributed by atoms with E-state index in [1.165, 1.54) is 12.5 Å². The van der Waals surface area contributed by atoms with E-state index in [1.54, 1.807) is 0 Å². The van der Waals surface area contributed by atoms with Crippen LogP contribution in [0.15, 0.2) is 22.1 Å². The summed E-state index contributed by atoms with van der Waals surface area (Å²) >= 11 is 0. The van der Waals surface area contributed by atoms with Gasteiger partial charge in [0.15, 0.2) is 11.4 Å². The van der Waals surface area contributed by atoms with Gasteiger partial charge in [-0.15, -0.1) is 0 Å². The number of sulfonamides is 1. The van der Waals surface area contributed by atoms with Crippen LogP contribution < -0.4 is 10.0 Å². The maximum Gasteiger partial charge on any atom is 0.257 e. The van der Waals surface area contributed by atoms with Gasteiger partial charge in [-0.2, -0.15) is 10.1 Å². The van der Waals surface area contributed by atoms with E-state index in [4.69, 9.17) is 4.52 Å². The molecule has 0 fully saturated rings. The Bertz CT molecular complexity index is 637. The maximum absolute atomic E-state index is 12.2. The number of aromatic nitrogens is 4. The van der Waals surface area contributed by atoms with Gasteiger partial charge in [-0.1, -0.05) is 12.1 Å². The highest BCUT2D eigenvalue weighted by Gasteiger charge is 2.20. The van der Waals surface area contributed by atoms with Crippen LogP contribution in [-0.4, -0.2) is 41.8 Å². The largest absolute Gasteiger partial charge is 0.340 e. The summed E-state index contributed by atoms with van der Waals surface area (Å²) in [5, 5.41) is 13.0. The van der Waals surface area contributed by atoms with E-state index < -0.39 is 10.0 Å². The van der Waals surface area contributed by atoms with Crippen molar-refractivity contribution in [2.75, 3.05) is 13.1 Å². The van der Waals surface area contributed by atoms with Crippen LogP contribution >= 0.6 is 0 Å². The molecular weight excluding hydrogens is 296 g/mol. The summed E-state index contributed by atoms with van der Waals surface area (Å²) in [5.41, 5.74) is 0.605. The number of hydrogen-bond donors (Lipinski definition) is 3. The van der Waals surface area contributed by atoms with Crippen molar-refractivity contribution in [3.8, 4) is 0 Å². The molecule has 2 rings (SSSR count).